The van der Waals surface area contributed by atoms with Crippen LogP contribution in [0.4, 0.5) is 0 Å². The maximum atomic E-state index is 15.4. The standard InChI is InChI=1S/C47H51NO13/c1-26-32(59-43(55)36(51)35(29-16-10-7-11-17-29)48-41(53)30-18-12-8-13-19-30)24-47(56)40(60-42(54)31-20-14-9-15-21-31)38-45(6,23-22-33-46(38,25-57-33)61-28(3)50)39(52)37(58-27(2)49)34(26)44(47,4)5/h7-21,32-33,35-38,40,51,56H,22-25H2,1-6H3,(H,48,53)/t32-,33+,35-,36+,37+,38?,40?,45+,46-,47+/m0/s1. The highest BCUT2D eigenvalue weighted by Gasteiger charge is 2.76. The summed E-state index contributed by atoms with van der Waals surface area (Å²) in [7, 11) is 0. The molecule has 1 aliphatic heterocycles. The molecule has 14 heteroatoms. The van der Waals surface area contributed by atoms with E-state index in [0.717, 1.165) is 6.92 Å². The van der Waals surface area contributed by atoms with E-state index in [0.29, 0.717) is 5.56 Å². The van der Waals surface area contributed by atoms with Crippen molar-refractivity contribution in [3.05, 3.63) is 119 Å². The van der Waals surface area contributed by atoms with Crippen LogP contribution >= 0.6 is 0 Å². The molecule has 3 aromatic rings. The van der Waals surface area contributed by atoms with Gasteiger partial charge < -0.3 is 39.2 Å². The number of esters is 4. The number of amides is 1. The molecule has 1 amide bonds. The predicted molar refractivity (Wildman–Crippen MR) is 216 cm³/mol. The molecule has 3 fully saturated rings. The van der Waals surface area contributed by atoms with E-state index in [2.05, 4.69) is 5.32 Å². The number of Topliss-reactive ketones (excluding diaryl/α,β-unsaturated/α-hetero) is 1. The van der Waals surface area contributed by atoms with Crippen LogP contribution in [-0.4, -0.2) is 94.1 Å². The number of hydrogen-bond donors (Lipinski definition) is 3. The van der Waals surface area contributed by atoms with Crippen molar-refractivity contribution in [1.82, 2.24) is 5.32 Å². The molecule has 1 saturated heterocycles. The van der Waals surface area contributed by atoms with E-state index in [9.17, 15) is 34.2 Å². The number of rotatable bonds is 10. The molecule has 3 aliphatic carbocycles. The van der Waals surface area contributed by atoms with Crippen LogP contribution in [0.15, 0.2) is 102 Å². The largest absolute Gasteiger partial charge is 0.456 e. The summed E-state index contributed by atoms with van der Waals surface area (Å²) in [5.41, 5.74) is -5.83. The summed E-state index contributed by atoms with van der Waals surface area (Å²) in [4.78, 5) is 83.3. The molecule has 3 N–H and O–H groups in total. The molecule has 0 radical (unpaired) electrons. The zero-order valence-corrected chi connectivity index (χ0v) is 34.9. The van der Waals surface area contributed by atoms with Crippen molar-refractivity contribution in [2.75, 3.05) is 6.61 Å². The molecule has 2 bridgehead atoms. The first-order valence-corrected chi connectivity index (χ1v) is 20.4. The maximum Gasteiger partial charge on any atom is 0.338 e. The summed E-state index contributed by atoms with van der Waals surface area (Å²) < 4.78 is 30.6. The van der Waals surface area contributed by atoms with Gasteiger partial charge in [0.15, 0.2) is 23.6 Å². The number of fused-ring (bicyclic) bond motifs is 5. The molecule has 10 atom stereocenters. The van der Waals surface area contributed by atoms with Gasteiger partial charge in [-0.3, -0.25) is 19.2 Å². The normalized spacial score (nSPS) is 31.0. The molecule has 0 aromatic heterocycles. The number of aliphatic hydroxyl groups excluding tert-OH is 1. The highest BCUT2D eigenvalue weighted by molar-refractivity contribution is 5.96. The monoisotopic (exact) mass is 837 g/mol. The van der Waals surface area contributed by atoms with Gasteiger partial charge in [0.2, 0.25) is 0 Å². The zero-order chi connectivity index (χ0) is 44.1. The topological polar surface area (TPSA) is 201 Å². The zero-order valence-electron chi connectivity index (χ0n) is 34.9. The van der Waals surface area contributed by atoms with Crippen LogP contribution in [0.3, 0.4) is 0 Å². The van der Waals surface area contributed by atoms with Gasteiger partial charge in [-0.05, 0) is 60.7 Å². The van der Waals surface area contributed by atoms with Crippen molar-refractivity contribution >= 4 is 35.6 Å². The van der Waals surface area contributed by atoms with Crippen LogP contribution in [0.2, 0.25) is 0 Å². The third kappa shape index (κ3) is 7.44. The Labute approximate surface area is 353 Å². The quantitative estimate of drug-likeness (QED) is 0.144. The van der Waals surface area contributed by atoms with Crippen molar-refractivity contribution in [3.8, 4) is 0 Å². The number of benzene rings is 3. The molecule has 2 unspecified atom stereocenters. The SMILES string of the molecule is CC(=O)O[C@H]1C(=O)[C@]2(C)CC[C@H]3OC[C@@]3(OC(C)=O)C2C(OC(=O)c2ccccc2)[C@]2(O)C[C@H](OC(=O)[C@H](O)[C@@H](NC(=O)c3ccccc3)c3ccccc3)C(C)=C1C2(C)C. The van der Waals surface area contributed by atoms with Crippen molar-refractivity contribution in [2.45, 2.75) is 109 Å². The first-order valence-electron chi connectivity index (χ1n) is 20.4. The van der Waals surface area contributed by atoms with Crippen molar-refractivity contribution in [2.24, 2.45) is 16.7 Å². The molecule has 7 rings (SSSR count). The lowest BCUT2D eigenvalue weighted by Gasteiger charge is -2.66. The van der Waals surface area contributed by atoms with Gasteiger partial charge >= 0.3 is 23.9 Å². The van der Waals surface area contributed by atoms with Gasteiger partial charge in [-0.15, -0.1) is 0 Å². The molecule has 1 heterocycles. The molecule has 61 heavy (non-hydrogen) atoms. The molecule has 4 aliphatic rings. The number of nitrogens with one attached hydrogen (secondary N) is 1. The number of carbonyl (C=O) groups excluding carboxylic acids is 6. The highest BCUT2D eigenvalue weighted by Crippen LogP contribution is 2.64. The third-order valence-electron chi connectivity index (χ3n) is 13.3. The summed E-state index contributed by atoms with van der Waals surface area (Å²) in [5, 5.41) is 28.2. The van der Waals surface area contributed by atoms with Crippen LogP contribution in [0.5, 0.6) is 0 Å². The number of carbonyl (C=O) groups is 6. The summed E-state index contributed by atoms with van der Waals surface area (Å²) in [5.74, 6) is -6.00. The van der Waals surface area contributed by atoms with E-state index < -0.39 is 107 Å². The van der Waals surface area contributed by atoms with E-state index in [-0.39, 0.29) is 41.7 Å². The van der Waals surface area contributed by atoms with Crippen LogP contribution < -0.4 is 5.32 Å². The Kier molecular flexibility index (Phi) is 11.6. The fourth-order valence-electron chi connectivity index (χ4n) is 10.2. The second-order valence-electron chi connectivity index (χ2n) is 17.3. The van der Waals surface area contributed by atoms with Gasteiger partial charge in [-0.1, -0.05) is 87.5 Å². The van der Waals surface area contributed by atoms with Crippen LogP contribution in [0, 0.1) is 16.7 Å². The molecule has 3 aromatic carbocycles. The minimum Gasteiger partial charge on any atom is -0.456 e. The van der Waals surface area contributed by atoms with E-state index in [1.165, 1.54) is 19.1 Å². The van der Waals surface area contributed by atoms with Gasteiger partial charge in [-0.2, -0.15) is 0 Å². The van der Waals surface area contributed by atoms with E-state index in [4.69, 9.17) is 23.7 Å². The Hall–Kier alpha value is -5.70. The number of ether oxygens (including phenoxy) is 5. The summed E-state index contributed by atoms with van der Waals surface area (Å²) in [6.45, 7) is 8.62. The van der Waals surface area contributed by atoms with Crippen molar-refractivity contribution in [3.63, 3.8) is 0 Å². The highest BCUT2D eigenvalue weighted by atomic mass is 16.6. The number of ketones is 1. The van der Waals surface area contributed by atoms with Gasteiger partial charge in [-0.25, -0.2) is 9.59 Å². The molecule has 14 nitrogen and oxygen atoms in total. The van der Waals surface area contributed by atoms with E-state index in [1.54, 1.807) is 107 Å². The Balaban J connectivity index is 1.37. The van der Waals surface area contributed by atoms with Crippen LogP contribution in [-0.2, 0) is 42.9 Å². The van der Waals surface area contributed by atoms with Crippen molar-refractivity contribution in [1.29, 1.82) is 0 Å². The molecule has 2 saturated carbocycles. The Morgan fingerprint density at radius 2 is 1.41 bits per heavy atom. The fraction of sp³-hybridized carbons (Fsp3) is 0.447. The Morgan fingerprint density at radius 3 is 1.97 bits per heavy atom. The van der Waals surface area contributed by atoms with Gasteiger partial charge in [0, 0.05) is 36.7 Å². The lowest BCUT2D eigenvalue weighted by molar-refractivity contribution is -0.332. The third-order valence-corrected chi connectivity index (χ3v) is 13.3. The Morgan fingerprint density at radius 1 is 0.820 bits per heavy atom. The van der Waals surface area contributed by atoms with E-state index in [1.807, 2.05) is 0 Å². The number of hydrogen-bond acceptors (Lipinski definition) is 13. The van der Waals surface area contributed by atoms with Gasteiger partial charge in [0.25, 0.3) is 5.91 Å². The molecule has 0 spiro atoms. The smallest absolute Gasteiger partial charge is 0.338 e. The second kappa shape index (κ2) is 16.3. The van der Waals surface area contributed by atoms with Crippen LogP contribution in [0.25, 0.3) is 0 Å². The fourth-order valence-corrected chi connectivity index (χ4v) is 10.2. The first kappa shape index (κ1) is 43.4. The minimum atomic E-state index is -2.27. The maximum absolute atomic E-state index is 15.4. The summed E-state index contributed by atoms with van der Waals surface area (Å²) in [6.07, 6.45) is -7.55. The molecule has 322 valence electrons. The molecular weight excluding hydrogens is 787 g/mol. The summed E-state index contributed by atoms with van der Waals surface area (Å²) >= 11 is 0. The van der Waals surface area contributed by atoms with Gasteiger partial charge in [0.1, 0.15) is 23.9 Å². The van der Waals surface area contributed by atoms with Crippen LogP contribution in [0.1, 0.15) is 93.1 Å². The second-order valence-corrected chi connectivity index (χ2v) is 17.3. The Bertz CT molecular complexity index is 2240. The lowest BCUT2D eigenvalue weighted by Crippen LogP contribution is -2.79. The first-order chi connectivity index (χ1) is 28.9. The van der Waals surface area contributed by atoms with Gasteiger partial charge in [0.05, 0.1) is 24.1 Å². The average Bonchev–Trinajstić information content (AvgIpc) is 3.22. The average molecular weight is 838 g/mol. The number of aliphatic hydroxyl groups is 2. The van der Waals surface area contributed by atoms with Crippen molar-refractivity contribution < 1.29 is 62.7 Å². The summed E-state index contributed by atoms with van der Waals surface area (Å²) in [6, 6.07) is 23.3. The minimum absolute atomic E-state index is 0.111. The lowest BCUT2D eigenvalue weighted by atomic mass is 9.45. The molecular formula is C47H51NO13. The predicted octanol–water partition coefficient (Wildman–Crippen LogP) is 4.76. The van der Waals surface area contributed by atoms with E-state index >= 15 is 4.79 Å².